The summed E-state index contributed by atoms with van der Waals surface area (Å²) >= 11 is 2.95. The van der Waals surface area contributed by atoms with Crippen LogP contribution in [0.1, 0.15) is 27.2 Å². The lowest BCUT2D eigenvalue weighted by atomic mass is 9.76. The van der Waals surface area contributed by atoms with E-state index in [0.29, 0.717) is 6.07 Å². The van der Waals surface area contributed by atoms with Crippen LogP contribution >= 0.6 is 15.9 Å². The summed E-state index contributed by atoms with van der Waals surface area (Å²) in [4.78, 5) is 23.3. The highest BCUT2D eigenvalue weighted by Gasteiger charge is 2.39. The van der Waals surface area contributed by atoms with Crippen LogP contribution in [-0.2, 0) is 9.59 Å². The van der Waals surface area contributed by atoms with Crippen LogP contribution in [0.25, 0.3) is 0 Å². The minimum atomic E-state index is -1.27. The molecule has 0 aliphatic heterocycles. The number of hydrogen-bond acceptors (Lipinski definition) is 2. The fraction of sp³-hybridized carbons (Fsp3) is 0.429. The molecule has 1 atom stereocenters. The predicted molar refractivity (Wildman–Crippen MR) is 77.9 cm³/mol. The molecule has 0 spiro atoms. The number of amides is 1. The van der Waals surface area contributed by atoms with Gasteiger partial charge in [-0.1, -0.05) is 13.8 Å². The van der Waals surface area contributed by atoms with Gasteiger partial charge in [0.1, 0.15) is 5.82 Å². The number of carboxylic acids is 1. The molecular formula is C14H16BrF2NO3. The van der Waals surface area contributed by atoms with Crippen molar-refractivity contribution >= 4 is 33.5 Å². The summed E-state index contributed by atoms with van der Waals surface area (Å²) in [6, 6.07) is 1.65. The molecular weight excluding hydrogens is 348 g/mol. The third kappa shape index (κ3) is 4.00. The van der Waals surface area contributed by atoms with Crippen molar-refractivity contribution in [2.75, 3.05) is 5.32 Å². The molecule has 7 heteroatoms. The monoisotopic (exact) mass is 363 g/mol. The molecule has 1 aromatic carbocycles. The molecule has 0 heterocycles. The Morgan fingerprint density at radius 1 is 1.38 bits per heavy atom. The van der Waals surface area contributed by atoms with Crippen LogP contribution in [0.5, 0.6) is 0 Å². The largest absolute Gasteiger partial charge is 0.481 e. The van der Waals surface area contributed by atoms with Crippen molar-refractivity contribution in [3.8, 4) is 0 Å². The van der Waals surface area contributed by atoms with Gasteiger partial charge < -0.3 is 10.4 Å². The summed E-state index contributed by atoms with van der Waals surface area (Å²) in [6.07, 6.45) is -0.316. The lowest BCUT2D eigenvalue weighted by Crippen LogP contribution is -2.37. The molecule has 1 amide bonds. The molecule has 21 heavy (non-hydrogen) atoms. The number of benzene rings is 1. The van der Waals surface area contributed by atoms with Crippen molar-refractivity contribution in [2.24, 2.45) is 11.3 Å². The van der Waals surface area contributed by atoms with Crippen molar-refractivity contribution in [3.63, 3.8) is 0 Å². The van der Waals surface area contributed by atoms with Crippen molar-refractivity contribution < 1.29 is 23.5 Å². The van der Waals surface area contributed by atoms with Crippen LogP contribution in [0.2, 0.25) is 0 Å². The van der Waals surface area contributed by atoms with Crippen LogP contribution in [0.4, 0.5) is 14.5 Å². The average molecular weight is 364 g/mol. The van der Waals surface area contributed by atoms with E-state index in [1.54, 1.807) is 13.8 Å². The van der Waals surface area contributed by atoms with E-state index in [9.17, 15) is 23.5 Å². The van der Waals surface area contributed by atoms with E-state index >= 15 is 0 Å². The summed E-state index contributed by atoms with van der Waals surface area (Å²) in [6.45, 7) is 4.83. The molecule has 0 bridgehead atoms. The quantitative estimate of drug-likeness (QED) is 0.835. The Kier molecular flexibility index (Phi) is 5.44. The van der Waals surface area contributed by atoms with E-state index in [1.807, 2.05) is 0 Å². The van der Waals surface area contributed by atoms with Gasteiger partial charge >= 0.3 is 5.97 Å². The fourth-order valence-electron chi connectivity index (χ4n) is 1.71. The highest BCUT2D eigenvalue weighted by atomic mass is 79.9. The number of carbonyl (C=O) groups excluding carboxylic acids is 1. The maximum atomic E-state index is 13.6. The molecule has 2 N–H and O–H groups in total. The van der Waals surface area contributed by atoms with Crippen LogP contribution in [0, 0.1) is 23.0 Å². The molecule has 0 aliphatic carbocycles. The number of carboxylic acid groups (broad SMARTS) is 1. The summed E-state index contributed by atoms with van der Waals surface area (Å²) in [7, 11) is 0. The third-order valence-corrected chi connectivity index (χ3v) is 4.19. The second-order valence-corrected chi connectivity index (χ2v) is 6.20. The molecule has 1 unspecified atom stereocenters. The first-order valence-electron chi connectivity index (χ1n) is 6.25. The number of aliphatic carboxylic acids is 1. The van der Waals surface area contributed by atoms with Gasteiger partial charge in [0.2, 0.25) is 5.91 Å². The molecule has 0 radical (unpaired) electrons. The molecule has 116 valence electrons. The van der Waals surface area contributed by atoms with E-state index in [2.05, 4.69) is 21.2 Å². The van der Waals surface area contributed by atoms with Gasteiger partial charge in [-0.05, 0) is 34.8 Å². The minimum Gasteiger partial charge on any atom is -0.481 e. The first kappa shape index (κ1) is 17.6. The van der Waals surface area contributed by atoms with Gasteiger partial charge in [-0.15, -0.1) is 0 Å². The zero-order valence-electron chi connectivity index (χ0n) is 11.8. The lowest BCUT2D eigenvalue weighted by Gasteiger charge is -2.28. The van der Waals surface area contributed by atoms with Gasteiger partial charge in [0.15, 0.2) is 5.82 Å². The van der Waals surface area contributed by atoms with Gasteiger partial charge in [0.25, 0.3) is 0 Å². The Balaban J connectivity index is 2.95. The topological polar surface area (TPSA) is 66.4 Å². The maximum absolute atomic E-state index is 13.6. The highest BCUT2D eigenvalue weighted by molar-refractivity contribution is 9.10. The van der Waals surface area contributed by atoms with Gasteiger partial charge in [0, 0.05) is 17.0 Å². The summed E-state index contributed by atoms with van der Waals surface area (Å²) in [5.41, 5.74) is -1.48. The van der Waals surface area contributed by atoms with E-state index < -0.39 is 28.9 Å². The zero-order chi connectivity index (χ0) is 16.4. The second-order valence-electron chi connectivity index (χ2n) is 5.35. The number of rotatable bonds is 5. The number of hydrogen-bond donors (Lipinski definition) is 2. The third-order valence-electron chi connectivity index (χ3n) is 3.56. The number of anilines is 1. The van der Waals surface area contributed by atoms with E-state index in [-0.39, 0.29) is 22.5 Å². The summed E-state index contributed by atoms with van der Waals surface area (Å²) in [5.74, 6) is -3.76. The molecule has 0 aromatic heterocycles. The van der Waals surface area contributed by atoms with Crippen molar-refractivity contribution in [2.45, 2.75) is 27.2 Å². The van der Waals surface area contributed by atoms with Crippen molar-refractivity contribution in [1.82, 2.24) is 0 Å². The standard InChI is InChI=1S/C14H16BrF2NO3/c1-7(2)14(3,13(20)21)6-11(19)18-12-9(15)4-8(16)5-10(12)17/h4-5,7H,6H2,1-3H3,(H,18,19)(H,20,21). The Hall–Kier alpha value is -1.50. The van der Waals surface area contributed by atoms with Gasteiger partial charge in [-0.3, -0.25) is 9.59 Å². The second kappa shape index (κ2) is 6.51. The Bertz CT molecular complexity index is 554. The number of halogens is 3. The highest BCUT2D eigenvalue weighted by Crippen LogP contribution is 2.33. The van der Waals surface area contributed by atoms with E-state index in [1.165, 1.54) is 6.92 Å². The smallest absolute Gasteiger partial charge is 0.310 e. The average Bonchev–Trinajstić information content (AvgIpc) is 2.33. The van der Waals surface area contributed by atoms with Gasteiger partial charge in [-0.2, -0.15) is 0 Å². The molecule has 1 rings (SSSR count). The zero-order valence-corrected chi connectivity index (χ0v) is 13.4. The normalized spacial score (nSPS) is 13.9. The van der Waals surface area contributed by atoms with Crippen LogP contribution in [-0.4, -0.2) is 17.0 Å². The van der Waals surface area contributed by atoms with Crippen LogP contribution in [0.3, 0.4) is 0 Å². The molecule has 1 aromatic rings. The first-order chi connectivity index (χ1) is 9.57. The number of nitrogens with one attached hydrogen (secondary N) is 1. The summed E-state index contributed by atoms with van der Waals surface area (Å²) < 4.78 is 26.6. The van der Waals surface area contributed by atoms with Crippen LogP contribution in [0.15, 0.2) is 16.6 Å². The Labute approximate surface area is 129 Å². The predicted octanol–water partition coefficient (Wildman–Crippen LogP) is 3.80. The molecule has 0 saturated heterocycles. The molecule has 0 aliphatic rings. The van der Waals surface area contributed by atoms with Gasteiger partial charge in [0.05, 0.1) is 11.1 Å². The Morgan fingerprint density at radius 2 is 1.95 bits per heavy atom. The Morgan fingerprint density at radius 3 is 2.38 bits per heavy atom. The first-order valence-corrected chi connectivity index (χ1v) is 7.05. The lowest BCUT2D eigenvalue weighted by molar-refractivity contribution is -0.153. The van der Waals surface area contributed by atoms with Crippen molar-refractivity contribution in [3.05, 3.63) is 28.2 Å². The van der Waals surface area contributed by atoms with E-state index in [0.717, 1.165) is 6.07 Å². The van der Waals surface area contributed by atoms with Gasteiger partial charge in [-0.25, -0.2) is 8.78 Å². The molecule has 4 nitrogen and oxygen atoms in total. The fourth-order valence-corrected chi connectivity index (χ4v) is 2.21. The molecule has 0 saturated carbocycles. The van der Waals surface area contributed by atoms with Crippen molar-refractivity contribution in [1.29, 1.82) is 0 Å². The number of carbonyl (C=O) groups is 2. The summed E-state index contributed by atoms with van der Waals surface area (Å²) in [5, 5.41) is 11.5. The van der Waals surface area contributed by atoms with E-state index in [4.69, 9.17) is 0 Å². The maximum Gasteiger partial charge on any atom is 0.310 e. The SMILES string of the molecule is CC(C)C(C)(CC(=O)Nc1c(F)cc(F)cc1Br)C(=O)O. The molecule has 0 fully saturated rings. The minimum absolute atomic E-state index is 0.0509. The van der Waals surface area contributed by atoms with Crippen LogP contribution < -0.4 is 5.32 Å².